The Morgan fingerprint density at radius 1 is 0.864 bits per heavy atom. The molecule has 0 radical (unpaired) electrons. The van der Waals surface area contributed by atoms with Gasteiger partial charge in [0.15, 0.2) is 0 Å². The topological polar surface area (TPSA) is 68.3 Å². The van der Waals surface area contributed by atoms with E-state index < -0.39 is 0 Å². The Morgan fingerprint density at radius 3 is 2.05 bits per heavy atom. The molecule has 1 aliphatic rings. The number of hydrogen-bond acceptors (Lipinski definition) is 4. The van der Waals surface area contributed by atoms with Crippen molar-refractivity contribution in [2.75, 3.05) is 0 Å². The zero-order valence-corrected chi connectivity index (χ0v) is 14.0. The first-order valence-electron chi connectivity index (χ1n) is 8.39. The molecule has 0 heterocycles. The van der Waals surface area contributed by atoms with Crippen molar-refractivity contribution in [3.05, 3.63) is 0 Å². The SMILES string of the molecule is CCC(=O)C1CCC(C(=O)CCC(C)=O)CC1CCC(C)=O. The first-order valence-corrected chi connectivity index (χ1v) is 8.39. The molecule has 3 unspecified atom stereocenters. The van der Waals surface area contributed by atoms with Crippen molar-refractivity contribution in [3.8, 4) is 0 Å². The van der Waals surface area contributed by atoms with Gasteiger partial charge in [-0.3, -0.25) is 9.59 Å². The summed E-state index contributed by atoms with van der Waals surface area (Å²) >= 11 is 0. The Labute approximate surface area is 133 Å². The van der Waals surface area contributed by atoms with E-state index in [4.69, 9.17) is 0 Å². The van der Waals surface area contributed by atoms with E-state index in [1.807, 2.05) is 6.92 Å². The second-order valence-electron chi connectivity index (χ2n) is 6.61. The van der Waals surface area contributed by atoms with Crippen molar-refractivity contribution in [2.45, 2.75) is 72.1 Å². The van der Waals surface area contributed by atoms with E-state index >= 15 is 0 Å². The van der Waals surface area contributed by atoms with Gasteiger partial charge in [0.1, 0.15) is 23.1 Å². The predicted molar refractivity (Wildman–Crippen MR) is 84.5 cm³/mol. The molecule has 0 bridgehead atoms. The molecule has 1 aliphatic carbocycles. The first-order chi connectivity index (χ1) is 10.3. The fourth-order valence-electron chi connectivity index (χ4n) is 3.45. The zero-order valence-electron chi connectivity index (χ0n) is 14.0. The molecule has 0 saturated heterocycles. The largest absolute Gasteiger partial charge is 0.300 e. The highest BCUT2D eigenvalue weighted by Crippen LogP contribution is 2.38. The number of carbonyl (C=O) groups is 4. The predicted octanol–water partition coefficient (Wildman–Crippen LogP) is 3.31. The van der Waals surface area contributed by atoms with Gasteiger partial charge >= 0.3 is 0 Å². The van der Waals surface area contributed by atoms with Crippen LogP contribution in [-0.4, -0.2) is 23.1 Å². The van der Waals surface area contributed by atoms with Crippen molar-refractivity contribution in [2.24, 2.45) is 17.8 Å². The van der Waals surface area contributed by atoms with Crippen LogP contribution in [0.4, 0.5) is 0 Å². The third-order valence-corrected chi connectivity index (χ3v) is 4.79. The number of rotatable bonds is 9. The van der Waals surface area contributed by atoms with Crippen molar-refractivity contribution >= 4 is 23.1 Å². The van der Waals surface area contributed by atoms with Crippen LogP contribution in [0, 0.1) is 17.8 Å². The van der Waals surface area contributed by atoms with Crippen LogP contribution in [0.5, 0.6) is 0 Å². The van der Waals surface area contributed by atoms with Crippen LogP contribution >= 0.6 is 0 Å². The summed E-state index contributed by atoms with van der Waals surface area (Å²) in [5.41, 5.74) is 0. The second-order valence-corrected chi connectivity index (χ2v) is 6.61. The maximum absolute atomic E-state index is 12.2. The third-order valence-electron chi connectivity index (χ3n) is 4.79. The fourth-order valence-corrected chi connectivity index (χ4v) is 3.45. The molecule has 0 N–H and O–H groups in total. The normalized spacial score (nSPS) is 24.8. The van der Waals surface area contributed by atoms with E-state index in [0.29, 0.717) is 38.5 Å². The van der Waals surface area contributed by atoms with Crippen LogP contribution in [0.25, 0.3) is 0 Å². The van der Waals surface area contributed by atoms with Gasteiger partial charge < -0.3 is 9.59 Å². The molecule has 0 amide bonds. The van der Waals surface area contributed by atoms with Crippen molar-refractivity contribution < 1.29 is 19.2 Å². The fraction of sp³-hybridized carbons (Fsp3) is 0.778. The smallest absolute Gasteiger partial charge is 0.136 e. The molecule has 0 aromatic rings. The van der Waals surface area contributed by atoms with Gasteiger partial charge in [0.05, 0.1) is 0 Å². The maximum atomic E-state index is 12.2. The third kappa shape index (κ3) is 5.82. The Hall–Kier alpha value is -1.32. The highest BCUT2D eigenvalue weighted by Gasteiger charge is 2.36. The average Bonchev–Trinajstić information content (AvgIpc) is 2.49. The average molecular weight is 308 g/mol. The summed E-state index contributed by atoms with van der Waals surface area (Å²) in [6.45, 7) is 4.93. The van der Waals surface area contributed by atoms with Crippen LogP contribution in [0.15, 0.2) is 0 Å². The molecule has 0 aromatic heterocycles. The molecule has 0 spiro atoms. The number of ketones is 4. The van der Waals surface area contributed by atoms with E-state index in [0.717, 1.165) is 12.8 Å². The van der Waals surface area contributed by atoms with Gasteiger partial charge in [0.25, 0.3) is 0 Å². The van der Waals surface area contributed by atoms with Gasteiger partial charge in [-0.1, -0.05) is 6.92 Å². The molecule has 124 valence electrons. The molecule has 3 atom stereocenters. The standard InChI is InChI=1S/C18H28O4/c1-4-17(21)16-9-8-15(18(22)10-6-13(3)20)11-14(16)7-5-12(2)19/h14-16H,4-11H2,1-3H3. The molecule has 1 saturated carbocycles. The minimum atomic E-state index is -0.0442. The Kier molecular flexibility index (Phi) is 7.63. The van der Waals surface area contributed by atoms with E-state index in [1.54, 1.807) is 6.92 Å². The Morgan fingerprint density at radius 2 is 1.50 bits per heavy atom. The second kappa shape index (κ2) is 8.96. The molecule has 1 fully saturated rings. The lowest BCUT2D eigenvalue weighted by molar-refractivity contribution is -0.131. The van der Waals surface area contributed by atoms with Crippen molar-refractivity contribution in [1.29, 1.82) is 0 Å². The lowest BCUT2D eigenvalue weighted by Crippen LogP contribution is -2.33. The van der Waals surface area contributed by atoms with Crippen LogP contribution in [0.1, 0.15) is 72.1 Å². The summed E-state index contributed by atoms with van der Waals surface area (Å²) in [6.07, 6.45) is 4.49. The number of Topliss-reactive ketones (excluding diaryl/α,β-unsaturated/α-hetero) is 4. The summed E-state index contributed by atoms with van der Waals surface area (Å²) in [7, 11) is 0. The molecule has 4 heteroatoms. The zero-order chi connectivity index (χ0) is 16.7. The van der Waals surface area contributed by atoms with E-state index in [1.165, 1.54) is 6.92 Å². The summed E-state index contributed by atoms with van der Waals surface area (Å²) in [5.74, 6) is 0.660. The first kappa shape index (κ1) is 18.7. The molecular weight excluding hydrogens is 280 g/mol. The minimum Gasteiger partial charge on any atom is -0.300 e. The molecule has 0 aromatic carbocycles. The minimum absolute atomic E-state index is 0.00112. The van der Waals surface area contributed by atoms with Gasteiger partial charge in [-0.05, 0) is 45.4 Å². The lowest BCUT2D eigenvalue weighted by Gasteiger charge is -2.34. The summed E-state index contributed by atoms with van der Waals surface area (Å²) in [6, 6.07) is 0. The summed E-state index contributed by atoms with van der Waals surface area (Å²) in [5, 5.41) is 0. The number of hydrogen-bond donors (Lipinski definition) is 0. The number of carbonyl (C=O) groups excluding carboxylic acids is 4. The van der Waals surface area contributed by atoms with Gasteiger partial charge in [0.2, 0.25) is 0 Å². The van der Waals surface area contributed by atoms with E-state index in [-0.39, 0.29) is 40.9 Å². The molecule has 22 heavy (non-hydrogen) atoms. The van der Waals surface area contributed by atoms with Gasteiger partial charge in [-0.15, -0.1) is 0 Å². The van der Waals surface area contributed by atoms with E-state index in [2.05, 4.69) is 0 Å². The summed E-state index contributed by atoms with van der Waals surface area (Å²) in [4.78, 5) is 46.6. The van der Waals surface area contributed by atoms with Gasteiger partial charge in [0, 0.05) is 37.5 Å². The summed E-state index contributed by atoms with van der Waals surface area (Å²) < 4.78 is 0. The van der Waals surface area contributed by atoms with Crippen LogP contribution in [0.3, 0.4) is 0 Å². The highest BCUT2D eigenvalue weighted by molar-refractivity contribution is 5.87. The Balaban J connectivity index is 2.67. The molecule has 1 rings (SSSR count). The molecule has 0 aliphatic heterocycles. The monoisotopic (exact) mass is 308 g/mol. The van der Waals surface area contributed by atoms with Crippen molar-refractivity contribution in [3.63, 3.8) is 0 Å². The Bertz CT molecular complexity index is 438. The van der Waals surface area contributed by atoms with Gasteiger partial charge in [-0.2, -0.15) is 0 Å². The quantitative estimate of drug-likeness (QED) is 0.655. The maximum Gasteiger partial charge on any atom is 0.136 e. The highest BCUT2D eigenvalue weighted by atomic mass is 16.1. The van der Waals surface area contributed by atoms with Crippen molar-refractivity contribution in [1.82, 2.24) is 0 Å². The lowest BCUT2D eigenvalue weighted by atomic mass is 9.68. The van der Waals surface area contributed by atoms with Gasteiger partial charge in [-0.25, -0.2) is 0 Å². The van der Waals surface area contributed by atoms with Crippen LogP contribution < -0.4 is 0 Å². The van der Waals surface area contributed by atoms with Crippen LogP contribution in [0.2, 0.25) is 0 Å². The van der Waals surface area contributed by atoms with Crippen LogP contribution in [-0.2, 0) is 19.2 Å². The van der Waals surface area contributed by atoms with E-state index in [9.17, 15) is 19.2 Å². The molecule has 4 nitrogen and oxygen atoms in total. The molecular formula is C18H28O4.